The minimum Gasteiger partial charge on any atom is -0.320 e. The van der Waals surface area contributed by atoms with E-state index in [1.165, 1.54) is 38.5 Å². The summed E-state index contributed by atoms with van der Waals surface area (Å²) < 4.78 is 0. The van der Waals surface area contributed by atoms with Crippen molar-refractivity contribution < 1.29 is 5.21 Å². The Kier molecular flexibility index (Phi) is 19.7. The van der Waals surface area contributed by atoms with Gasteiger partial charge in [0.1, 0.15) is 0 Å². The molecular formula is C9H21NO. The molecule has 0 spiro atoms. The fourth-order valence-corrected chi connectivity index (χ4v) is 0.892. The number of rotatable bonds is 6. The van der Waals surface area contributed by atoms with Crippen LogP contribution in [0.15, 0.2) is 12.7 Å². The third-order valence-electron chi connectivity index (χ3n) is 1.51. The topological polar surface area (TPSA) is 46.2 Å². The zero-order valence-electron chi connectivity index (χ0n) is 7.55. The fourth-order valence-electron chi connectivity index (χ4n) is 0.892. The first-order chi connectivity index (χ1) is 5.41. The van der Waals surface area contributed by atoms with Crippen LogP contribution in [-0.4, -0.2) is 5.21 Å². The standard InChI is InChI=1S/C9H18.H3NO/c1-3-5-7-9-8-6-4-2;1-2/h3H,1,4-9H2,2H3;2H,1H2. The molecule has 2 nitrogen and oxygen atoms in total. The van der Waals surface area contributed by atoms with E-state index in [-0.39, 0.29) is 0 Å². The minimum absolute atomic E-state index is 1.20. The molecule has 0 heterocycles. The zero-order chi connectivity index (χ0) is 8.95. The van der Waals surface area contributed by atoms with Crippen molar-refractivity contribution in [2.45, 2.75) is 45.4 Å². The molecule has 0 fully saturated rings. The number of hydrogen-bond acceptors (Lipinski definition) is 2. The molecule has 0 amide bonds. The molecule has 0 aromatic carbocycles. The van der Waals surface area contributed by atoms with Gasteiger partial charge in [-0.05, 0) is 12.8 Å². The zero-order valence-corrected chi connectivity index (χ0v) is 7.55. The Hall–Kier alpha value is -0.340. The summed E-state index contributed by atoms with van der Waals surface area (Å²) in [6.07, 6.45) is 10.1. The maximum absolute atomic E-state index is 6.50. The molecule has 0 unspecified atom stereocenters. The summed E-state index contributed by atoms with van der Waals surface area (Å²) in [5, 5.41) is 6.50. The second-order valence-corrected chi connectivity index (χ2v) is 2.49. The molecule has 0 aliphatic rings. The van der Waals surface area contributed by atoms with Crippen molar-refractivity contribution in [3.05, 3.63) is 12.7 Å². The highest BCUT2D eigenvalue weighted by Crippen LogP contribution is 2.04. The van der Waals surface area contributed by atoms with Crippen LogP contribution in [0.4, 0.5) is 0 Å². The normalized spacial score (nSPS) is 8.27. The van der Waals surface area contributed by atoms with Crippen LogP contribution >= 0.6 is 0 Å². The molecule has 68 valence electrons. The number of allylic oxidation sites excluding steroid dienone is 1. The van der Waals surface area contributed by atoms with E-state index in [1.54, 1.807) is 0 Å². The maximum Gasteiger partial charge on any atom is -0.0353 e. The van der Waals surface area contributed by atoms with Crippen molar-refractivity contribution in [1.82, 2.24) is 0 Å². The average molecular weight is 159 g/mol. The molecule has 0 saturated carbocycles. The van der Waals surface area contributed by atoms with Gasteiger partial charge in [0.2, 0.25) is 0 Å². The highest BCUT2D eigenvalue weighted by molar-refractivity contribution is 4.65. The summed E-state index contributed by atoms with van der Waals surface area (Å²) in [5.41, 5.74) is 0. The monoisotopic (exact) mass is 159 g/mol. The third-order valence-corrected chi connectivity index (χ3v) is 1.51. The molecule has 3 N–H and O–H groups in total. The highest BCUT2D eigenvalue weighted by Gasteiger charge is 1.84. The van der Waals surface area contributed by atoms with E-state index in [0.29, 0.717) is 0 Å². The van der Waals surface area contributed by atoms with E-state index in [4.69, 9.17) is 5.21 Å². The SMILES string of the molecule is C=CCCCCCCC.NO. The molecule has 0 bridgehead atoms. The lowest BCUT2D eigenvalue weighted by Gasteiger charge is -1.94. The van der Waals surface area contributed by atoms with Gasteiger partial charge in [-0.3, -0.25) is 0 Å². The van der Waals surface area contributed by atoms with Gasteiger partial charge in [0, 0.05) is 0 Å². The Balaban J connectivity index is 0. The molecule has 0 saturated heterocycles. The summed E-state index contributed by atoms with van der Waals surface area (Å²) in [7, 11) is 0. The highest BCUT2D eigenvalue weighted by atomic mass is 16.4. The summed E-state index contributed by atoms with van der Waals surface area (Å²) in [5.74, 6) is 3.50. The summed E-state index contributed by atoms with van der Waals surface area (Å²) >= 11 is 0. The number of hydrogen-bond donors (Lipinski definition) is 2. The van der Waals surface area contributed by atoms with E-state index in [0.717, 1.165) is 0 Å². The smallest absolute Gasteiger partial charge is 0.0353 e. The largest absolute Gasteiger partial charge is 0.320 e. The van der Waals surface area contributed by atoms with Crippen molar-refractivity contribution >= 4 is 0 Å². The molecule has 11 heavy (non-hydrogen) atoms. The van der Waals surface area contributed by atoms with Gasteiger partial charge in [0.25, 0.3) is 0 Å². The average Bonchev–Trinajstić information content (AvgIpc) is 2.08. The van der Waals surface area contributed by atoms with Gasteiger partial charge in [0.15, 0.2) is 0 Å². The predicted molar refractivity (Wildman–Crippen MR) is 49.5 cm³/mol. The maximum atomic E-state index is 6.50. The Morgan fingerprint density at radius 2 is 1.73 bits per heavy atom. The lowest BCUT2D eigenvalue weighted by Crippen LogP contribution is -1.74. The minimum atomic E-state index is 1.20. The van der Waals surface area contributed by atoms with E-state index < -0.39 is 0 Å². The van der Waals surface area contributed by atoms with Gasteiger partial charge in [-0.25, -0.2) is 5.90 Å². The molecule has 0 aliphatic heterocycles. The van der Waals surface area contributed by atoms with Gasteiger partial charge in [-0.1, -0.05) is 38.7 Å². The van der Waals surface area contributed by atoms with Crippen LogP contribution in [-0.2, 0) is 0 Å². The van der Waals surface area contributed by atoms with Crippen molar-refractivity contribution in [3.63, 3.8) is 0 Å². The predicted octanol–water partition coefficient (Wildman–Crippen LogP) is 2.87. The lowest BCUT2D eigenvalue weighted by molar-refractivity contribution is 0.311. The van der Waals surface area contributed by atoms with Crippen molar-refractivity contribution in [2.75, 3.05) is 0 Å². The van der Waals surface area contributed by atoms with Crippen LogP contribution in [0.2, 0.25) is 0 Å². The Labute approximate surface area is 70.1 Å². The number of unbranched alkanes of at least 4 members (excludes halogenated alkanes) is 5. The molecule has 0 rings (SSSR count). The third kappa shape index (κ3) is 17.7. The van der Waals surface area contributed by atoms with Crippen molar-refractivity contribution in [2.24, 2.45) is 5.90 Å². The second-order valence-electron chi connectivity index (χ2n) is 2.49. The van der Waals surface area contributed by atoms with E-state index in [9.17, 15) is 0 Å². The molecule has 0 atom stereocenters. The van der Waals surface area contributed by atoms with Gasteiger partial charge < -0.3 is 5.21 Å². The molecular weight excluding hydrogens is 138 g/mol. The first-order valence-corrected chi connectivity index (χ1v) is 4.28. The Bertz CT molecular complexity index is 64.6. The Morgan fingerprint density at radius 3 is 2.18 bits per heavy atom. The van der Waals surface area contributed by atoms with Crippen LogP contribution in [0.3, 0.4) is 0 Å². The van der Waals surface area contributed by atoms with Gasteiger partial charge in [-0.15, -0.1) is 6.58 Å². The fraction of sp³-hybridized carbons (Fsp3) is 0.778. The van der Waals surface area contributed by atoms with Gasteiger partial charge in [0.05, 0.1) is 0 Å². The van der Waals surface area contributed by atoms with E-state index >= 15 is 0 Å². The lowest BCUT2D eigenvalue weighted by atomic mass is 10.1. The second kappa shape index (κ2) is 16.3. The number of nitrogens with two attached hydrogens (primary N) is 1. The molecule has 0 radical (unpaired) electrons. The van der Waals surface area contributed by atoms with E-state index in [1.807, 2.05) is 6.08 Å². The van der Waals surface area contributed by atoms with Crippen LogP contribution in [0, 0.1) is 0 Å². The first kappa shape index (κ1) is 13.3. The van der Waals surface area contributed by atoms with Crippen molar-refractivity contribution in [1.29, 1.82) is 0 Å². The summed E-state index contributed by atoms with van der Waals surface area (Å²) in [4.78, 5) is 0. The first-order valence-electron chi connectivity index (χ1n) is 4.28. The van der Waals surface area contributed by atoms with Crippen LogP contribution < -0.4 is 5.90 Å². The van der Waals surface area contributed by atoms with Crippen LogP contribution in [0.25, 0.3) is 0 Å². The molecule has 0 aromatic rings. The van der Waals surface area contributed by atoms with Crippen LogP contribution in [0.5, 0.6) is 0 Å². The van der Waals surface area contributed by atoms with Gasteiger partial charge in [-0.2, -0.15) is 0 Å². The molecule has 0 aromatic heterocycles. The molecule has 2 heteroatoms. The van der Waals surface area contributed by atoms with E-state index in [2.05, 4.69) is 19.4 Å². The van der Waals surface area contributed by atoms with Crippen molar-refractivity contribution in [3.8, 4) is 0 Å². The van der Waals surface area contributed by atoms with Gasteiger partial charge >= 0.3 is 0 Å². The quantitative estimate of drug-likeness (QED) is 0.355. The molecule has 0 aliphatic carbocycles. The summed E-state index contributed by atoms with van der Waals surface area (Å²) in [6.45, 7) is 5.92. The Morgan fingerprint density at radius 1 is 1.18 bits per heavy atom. The summed E-state index contributed by atoms with van der Waals surface area (Å²) in [6, 6.07) is 0. The van der Waals surface area contributed by atoms with Crippen LogP contribution in [0.1, 0.15) is 45.4 Å².